The van der Waals surface area contributed by atoms with E-state index in [1.165, 1.54) is 11.8 Å². The fraction of sp³-hybridized carbons (Fsp3) is 0.353. The van der Waals surface area contributed by atoms with Gasteiger partial charge in [0.05, 0.1) is 25.5 Å². The van der Waals surface area contributed by atoms with Crippen molar-refractivity contribution in [1.29, 1.82) is 0 Å². The number of aromatic nitrogens is 5. The standard InChI is InChI=1S/C17H20N6O4S/c1-9(2)15-21-22-16(27-15)18-13(24)8-28-17-19-14(20-23-17)11-6-5-10(25-3)7-12(11)26-4/h5-7,9H,8H2,1-4H3,(H,18,22,24)(H,19,20,23). The van der Waals surface area contributed by atoms with Crippen LogP contribution in [0, 0.1) is 0 Å². The van der Waals surface area contributed by atoms with Gasteiger partial charge in [-0.05, 0) is 12.1 Å². The maximum absolute atomic E-state index is 12.1. The van der Waals surface area contributed by atoms with Crippen molar-refractivity contribution in [3.05, 3.63) is 24.1 Å². The highest BCUT2D eigenvalue weighted by molar-refractivity contribution is 7.99. The number of carbonyl (C=O) groups excluding carboxylic acids is 1. The number of methoxy groups -OCH3 is 2. The van der Waals surface area contributed by atoms with E-state index in [1.807, 2.05) is 19.9 Å². The van der Waals surface area contributed by atoms with E-state index in [0.717, 1.165) is 5.56 Å². The Morgan fingerprint density at radius 1 is 1.29 bits per heavy atom. The quantitative estimate of drug-likeness (QED) is 0.544. The van der Waals surface area contributed by atoms with Crippen LogP contribution in [0.3, 0.4) is 0 Å². The van der Waals surface area contributed by atoms with Crippen LogP contribution in [0.15, 0.2) is 27.8 Å². The third-order valence-corrected chi connectivity index (χ3v) is 4.49. The molecule has 1 aromatic carbocycles. The van der Waals surface area contributed by atoms with Gasteiger partial charge in [-0.3, -0.25) is 15.2 Å². The van der Waals surface area contributed by atoms with Crippen molar-refractivity contribution in [1.82, 2.24) is 25.4 Å². The maximum atomic E-state index is 12.1. The van der Waals surface area contributed by atoms with E-state index in [9.17, 15) is 4.79 Å². The lowest BCUT2D eigenvalue weighted by molar-refractivity contribution is -0.113. The zero-order valence-corrected chi connectivity index (χ0v) is 16.7. The minimum absolute atomic E-state index is 0.0768. The number of H-pyrrole nitrogens is 1. The van der Waals surface area contributed by atoms with Crippen molar-refractivity contribution in [3.63, 3.8) is 0 Å². The summed E-state index contributed by atoms with van der Waals surface area (Å²) >= 11 is 1.18. The zero-order chi connectivity index (χ0) is 20.1. The van der Waals surface area contributed by atoms with Gasteiger partial charge >= 0.3 is 6.01 Å². The molecule has 1 amide bonds. The molecule has 3 rings (SSSR count). The summed E-state index contributed by atoms with van der Waals surface area (Å²) in [5.41, 5.74) is 0.735. The topological polar surface area (TPSA) is 128 Å². The summed E-state index contributed by atoms with van der Waals surface area (Å²) in [4.78, 5) is 16.4. The Hall–Kier alpha value is -3.08. The molecule has 3 aromatic rings. The van der Waals surface area contributed by atoms with E-state index in [-0.39, 0.29) is 23.6 Å². The SMILES string of the molecule is COc1ccc(-c2nc(SCC(=O)Nc3nnc(C(C)C)o3)n[nH]2)c(OC)c1. The third-order valence-electron chi connectivity index (χ3n) is 3.64. The van der Waals surface area contributed by atoms with Crippen molar-refractivity contribution >= 4 is 23.7 Å². The molecule has 2 heterocycles. The zero-order valence-electron chi connectivity index (χ0n) is 15.8. The highest BCUT2D eigenvalue weighted by Crippen LogP contribution is 2.32. The maximum Gasteiger partial charge on any atom is 0.322 e. The van der Waals surface area contributed by atoms with Crippen LogP contribution >= 0.6 is 11.8 Å². The van der Waals surface area contributed by atoms with E-state index >= 15 is 0 Å². The van der Waals surface area contributed by atoms with Crippen LogP contribution in [0.1, 0.15) is 25.7 Å². The van der Waals surface area contributed by atoms with Gasteiger partial charge in [-0.2, -0.15) is 0 Å². The van der Waals surface area contributed by atoms with Crippen LogP contribution in [0.5, 0.6) is 11.5 Å². The van der Waals surface area contributed by atoms with E-state index in [2.05, 4.69) is 30.7 Å². The fourth-order valence-electron chi connectivity index (χ4n) is 2.23. The molecule has 2 N–H and O–H groups in total. The van der Waals surface area contributed by atoms with Crippen LogP contribution in [0.25, 0.3) is 11.4 Å². The minimum Gasteiger partial charge on any atom is -0.497 e. The molecule has 0 bridgehead atoms. The first kappa shape index (κ1) is 19.7. The van der Waals surface area contributed by atoms with Gasteiger partial charge in [0.25, 0.3) is 0 Å². The lowest BCUT2D eigenvalue weighted by Gasteiger charge is -2.07. The normalized spacial score (nSPS) is 10.9. The summed E-state index contributed by atoms with van der Waals surface area (Å²) in [7, 11) is 3.15. The molecule has 0 unspecified atom stereocenters. The second-order valence-corrected chi connectivity index (χ2v) is 6.91. The molecule has 0 aliphatic carbocycles. The second-order valence-electron chi connectivity index (χ2n) is 5.97. The molecule has 0 aliphatic heterocycles. The van der Waals surface area contributed by atoms with Crippen LogP contribution in [-0.4, -0.2) is 51.3 Å². The first-order chi connectivity index (χ1) is 13.5. The predicted molar refractivity (Wildman–Crippen MR) is 103 cm³/mol. The van der Waals surface area contributed by atoms with E-state index < -0.39 is 0 Å². The molecular weight excluding hydrogens is 384 g/mol. The summed E-state index contributed by atoms with van der Waals surface area (Å²) in [5, 5.41) is 17.6. The fourth-order valence-corrected chi connectivity index (χ4v) is 2.83. The number of nitrogens with one attached hydrogen (secondary N) is 2. The van der Waals surface area contributed by atoms with Crippen LogP contribution in [0.4, 0.5) is 6.01 Å². The number of ether oxygens (including phenoxy) is 2. The molecule has 0 saturated heterocycles. The highest BCUT2D eigenvalue weighted by atomic mass is 32.2. The lowest BCUT2D eigenvalue weighted by Crippen LogP contribution is -2.14. The number of rotatable bonds is 8. The summed E-state index contributed by atoms with van der Waals surface area (Å²) in [6, 6.07) is 5.46. The van der Waals surface area contributed by atoms with Crippen molar-refractivity contribution in [2.45, 2.75) is 24.9 Å². The largest absolute Gasteiger partial charge is 0.497 e. The monoisotopic (exact) mass is 404 g/mol. The Labute approximate surface area is 165 Å². The van der Waals surface area contributed by atoms with Gasteiger partial charge < -0.3 is 13.9 Å². The summed E-state index contributed by atoms with van der Waals surface area (Å²) in [6.45, 7) is 3.85. The molecule has 28 heavy (non-hydrogen) atoms. The molecule has 2 aromatic heterocycles. The number of thioether (sulfide) groups is 1. The molecule has 0 atom stereocenters. The lowest BCUT2D eigenvalue weighted by atomic mass is 10.2. The number of benzene rings is 1. The molecule has 11 heteroatoms. The highest BCUT2D eigenvalue weighted by Gasteiger charge is 2.15. The van der Waals surface area contributed by atoms with Gasteiger partial charge in [-0.1, -0.05) is 30.7 Å². The molecular formula is C17H20N6O4S. The van der Waals surface area contributed by atoms with Crippen molar-refractivity contribution in [2.75, 3.05) is 25.3 Å². The summed E-state index contributed by atoms with van der Waals surface area (Å²) in [5.74, 6) is 2.16. The Kier molecular flexibility index (Phi) is 6.14. The average Bonchev–Trinajstić information content (AvgIpc) is 3.35. The van der Waals surface area contributed by atoms with Crippen molar-refractivity contribution in [2.24, 2.45) is 0 Å². The Balaban J connectivity index is 1.61. The van der Waals surface area contributed by atoms with Crippen molar-refractivity contribution < 1.29 is 18.7 Å². The Morgan fingerprint density at radius 2 is 2.11 bits per heavy atom. The molecule has 0 aliphatic rings. The van der Waals surface area contributed by atoms with E-state index in [4.69, 9.17) is 13.9 Å². The van der Waals surface area contributed by atoms with Crippen LogP contribution in [0.2, 0.25) is 0 Å². The van der Waals surface area contributed by atoms with E-state index in [1.54, 1.807) is 26.4 Å². The van der Waals surface area contributed by atoms with Crippen LogP contribution < -0.4 is 14.8 Å². The van der Waals surface area contributed by atoms with Gasteiger partial charge in [0.1, 0.15) is 11.5 Å². The first-order valence-corrected chi connectivity index (χ1v) is 9.39. The summed E-state index contributed by atoms with van der Waals surface area (Å²) < 4.78 is 15.9. The van der Waals surface area contributed by atoms with Gasteiger partial charge in [0.2, 0.25) is 17.0 Å². The number of amides is 1. The number of carbonyl (C=O) groups is 1. The van der Waals surface area contributed by atoms with Crippen molar-refractivity contribution in [3.8, 4) is 22.9 Å². The van der Waals surface area contributed by atoms with Gasteiger partial charge in [0, 0.05) is 12.0 Å². The first-order valence-electron chi connectivity index (χ1n) is 8.41. The number of aromatic amines is 1. The Morgan fingerprint density at radius 3 is 2.79 bits per heavy atom. The Bertz CT molecular complexity index is 955. The minimum atomic E-state index is -0.294. The van der Waals surface area contributed by atoms with Crippen LogP contribution in [-0.2, 0) is 4.79 Å². The molecule has 0 spiro atoms. The molecule has 0 radical (unpaired) electrons. The van der Waals surface area contributed by atoms with E-state index in [0.29, 0.717) is 28.4 Å². The average molecular weight is 404 g/mol. The van der Waals surface area contributed by atoms with Gasteiger partial charge in [-0.25, -0.2) is 4.98 Å². The molecule has 148 valence electrons. The predicted octanol–water partition coefficient (Wildman–Crippen LogP) is 2.73. The van der Waals surface area contributed by atoms with Gasteiger partial charge in [-0.15, -0.1) is 10.2 Å². The summed E-state index contributed by atoms with van der Waals surface area (Å²) in [6.07, 6.45) is 0. The number of anilines is 1. The molecule has 0 fully saturated rings. The van der Waals surface area contributed by atoms with Gasteiger partial charge in [0.15, 0.2) is 5.82 Å². The number of hydrogen-bond acceptors (Lipinski definition) is 9. The second kappa shape index (κ2) is 8.74. The molecule has 10 nitrogen and oxygen atoms in total. The number of hydrogen-bond donors (Lipinski definition) is 2. The molecule has 0 saturated carbocycles. The smallest absolute Gasteiger partial charge is 0.322 e. The third kappa shape index (κ3) is 4.60. The number of nitrogens with zero attached hydrogens (tertiary/aromatic N) is 4.